The van der Waals surface area contributed by atoms with E-state index in [1.54, 1.807) is 0 Å². The van der Waals surface area contributed by atoms with Gasteiger partial charge >= 0.3 is 0 Å². The molecule has 0 aliphatic heterocycles. The summed E-state index contributed by atoms with van der Waals surface area (Å²) in [5, 5.41) is 2.83. The predicted molar refractivity (Wildman–Crippen MR) is 54.1 cm³/mol. The van der Waals surface area contributed by atoms with Crippen LogP contribution in [0.5, 0.6) is 0 Å². The van der Waals surface area contributed by atoms with Gasteiger partial charge < -0.3 is 10.1 Å². The van der Waals surface area contributed by atoms with E-state index < -0.39 is 0 Å². The van der Waals surface area contributed by atoms with E-state index >= 15 is 0 Å². The number of carbonyl (C=O) groups is 1. The normalized spacial score (nSPS) is 15.1. The molecule has 0 aliphatic rings. The summed E-state index contributed by atoms with van der Waals surface area (Å²) in [6.07, 6.45) is 0.814. The Morgan fingerprint density at radius 3 is 2.54 bits per heavy atom. The van der Waals surface area contributed by atoms with Crippen molar-refractivity contribution in [3.8, 4) is 0 Å². The Morgan fingerprint density at radius 1 is 1.54 bits per heavy atom. The van der Waals surface area contributed by atoms with Crippen LogP contribution in [0.1, 0.15) is 27.2 Å². The molecule has 0 spiro atoms. The van der Waals surface area contributed by atoms with E-state index in [1.807, 2.05) is 20.8 Å². The molecule has 0 aromatic heterocycles. The molecule has 0 aliphatic carbocycles. The van der Waals surface area contributed by atoms with Gasteiger partial charge in [0.15, 0.2) is 0 Å². The molecule has 0 rings (SSSR count). The fraction of sp³-hybridized carbons (Fsp3) is 0.889. The van der Waals surface area contributed by atoms with Crippen LogP contribution in [0.4, 0.5) is 0 Å². The minimum atomic E-state index is -0.310. The van der Waals surface area contributed by atoms with Gasteiger partial charge in [-0.05, 0) is 20.3 Å². The fourth-order valence-corrected chi connectivity index (χ4v) is 1.04. The van der Waals surface area contributed by atoms with Crippen LogP contribution in [0.3, 0.4) is 0 Å². The summed E-state index contributed by atoms with van der Waals surface area (Å²) in [6.45, 7) is 6.43. The van der Waals surface area contributed by atoms with E-state index in [1.165, 1.54) is 0 Å². The van der Waals surface area contributed by atoms with Gasteiger partial charge in [0.25, 0.3) is 0 Å². The van der Waals surface area contributed by atoms with E-state index in [2.05, 4.69) is 5.32 Å². The highest BCUT2D eigenvalue weighted by Crippen LogP contribution is 2.10. The van der Waals surface area contributed by atoms with Crippen molar-refractivity contribution >= 4 is 17.5 Å². The van der Waals surface area contributed by atoms with Crippen LogP contribution in [0.25, 0.3) is 0 Å². The third-order valence-corrected chi connectivity index (χ3v) is 2.54. The average molecular weight is 208 g/mol. The van der Waals surface area contributed by atoms with Gasteiger partial charge in [-0.25, -0.2) is 0 Å². The van der Waals surface area contributed by atoms with E-state index in [0.29, 0.717) is 12.5 Å². The summed E-state index contributed by atoms with van der Waals surface area (Å²) in [4.78, 5) is 11.2. The van der Waals surface area contributed by atoms with Gasteiger partial charge in [0.1, 0.15) is 6.61 Å². The molecule has 0 fully saturated rings. The molecule has 1 unspecified atom stereocenters. The molecule has 0 aromatic rings. The lowest BCUT2D eigenvalue weighted by atomic mass is 10.0. The smallest absolute Gasteiger partial charge is 0.246 e. The second-order valence-electron chi connectivity index (χ2n) is 3.23. The first-order chi connectivity index (χ1) is 6.08. The van der Waals surface area contributed by atoms with Crippen molar-refractivity contribution in [2.75, 3.05) is 19.1 Å². The quantitative estimate of drug-likeness (QED) is 0.672. The molecule has 0 saturated heterocycles. The standard InChI is InChI=1S/C9H18ClNO2/c1-4-9(3,7-10)11-8(12)6-13-5-2/h4-7H2,1-3H3,(H,11,12). The molecular formula is C9H18ClNO2. The molecule has 1 N–H and O–H groups in total. The first-order valence-corrected chi connectivity index (χ1v) is 5.06. The van der Waals surface area contributed by atoms with Gasteiger partial charge in [0.2, 0.25) is 5.91 Å². The zero-order valence-corrected chi connectivity index (χ0v) is 9.28. The van der Waals surface area contributed by atoms with Gasteiger partial charge in [-0.1, -0.05) is 6.92 Å². The molecule has 0 aromatic carbocycles. The largest absolute Gasteiger partial charge is 0.372 e. The van der Waals surface area contributed by atoms with Gasteiger partial charge in [0.05, 0.1) is 5.54 Å². The number of amides is 1. The number of nitrogens with one attached hydrogen (secondary N) is 1. The molecule has 13 heavy (non-hydrogen) atoms. The highest BCUT2D eigenvalue weighted by molar-refractivity contribution is 6.18. The van der Waals surface area contributed by atoms with Crippen LogP contribution in [0, 0.1) is 0 Å². The number of carbonyl (C=O) groups excluding carboxylic acids is 1. The van der Waals surface area contributed by atoms with Gasteiger partial charge in [-0.3, -0.25) is 4.79 Å². The lowest BCUT2D eigenvalue weighted by Gasteiger charge is -2.26. The summed E-state index contributed by atoms with van der Waals surface area (Å²) < 4.78 is 4.98. The van der Waals surface area contributed by atoms with E-state index in [9.17, 15) is 4.79 Å². The number of rotatable bonds is 6. The fourth-order valence-electron chi connectivity index (χ4n) is 0.784. The number of halogens is 1. The summed E-state index contributed by atoms with van der Waals surface area (Å²) in [6, 6.07) is 0. The third-order valence-electron chi connectivity index (χ3n) is 1.95. The van der Waals surface area contributed by atoms with E-state index in [4.69, 9.17) is 16.3 Å². The highest BCUT2D eigenvalue weighted by Gasteiger charge is 2.22. The molecule has 78 valence electrons. The SMILES string of the molecule is CCOCC(=O)NC(C)(CC)CCl. The molecule has 4 heteroatoms. The summed E-state index contributed by atoms with van der Waals surface area (Å²) >= 11 is 5.73. The second kappa shape index (κ2) is 6.22. The maximum absolute atomic E-state index is 11.2. The number of alkyl halides is 1. The van der Waals surface area contributed by atoms with Crippen molar-refractivity contribution in [1.29, 1.82) is 0 Å². The Bertz CT molecular complexity index is 158. The van der Waals surface area contributed by atoms with Crippen LogP contribution in [0.15, 0.2) is 0 Å². The Balaban J connectivity index is 3.87. The zero-order valence-electron chi connectivity index (χ0n) is 8.52. The average Bonchev–Trinajstić information content (AvgIpc) is 2.14. The summed E-state index contributed by atoms with van der Waals surface area (Å²) in [7, 11) is 0. The van der Waals surface area contributed by atoms with Crippen LogP contribution in [-0.2, 0) is 9.53 Å². The molecular weight excluding hydrogens is 190 g/mol. The van der Waals surface area contributed by atoms with E-state index in [0.717, 1.165) is 6.42 Å². The maximum Gasteiger partial charge on any atom is 0.246 e. The number of hydrogen-bond acceptors (Lipinski definition) is 2. The molecule has 0 heterocycles. The highest BCUT2D eigenvalue weighted by atomic mass is 35.5. The summed E-state index contributed by atoms with van der Waals surface area (Å²) in [5.74, 6) is 0.313. The molecule has 3 nitrogen and oxygen atoms in total. The Kier molecular flexibility index (Phi) is 6.08. The Labute approximate surface area is 84.8 Å². The molecule has 0 bridgehead atoms. The van der Waals surface area contributed by atoms with Crippen molar-refractivity contribution in [3.05, 3.63) is 0 Å². The number of hydrogen-bond donors (Lipinski definition) is 1. The topological polar surface area (TPSA) is 38.3 Å². The van der Waals surface area contributed by atoms with Crippen LogP contribution in [-0.4, -0.2) is 30.5 Å². The van der Waals surface area contributed by atoms with Crippen LogP contribution < -0.4 is 5.32 Å². The van der Waals surface area contributed by atoms with Gasteiger partial charge in [0, 0.05) is 12.5 Å². The first kappa shape index (κ1) is 12.7. The molecule has 0 saturated carbocycles. The molecule has 0 radical (unpaired) electrons. The van der Waals surface area contributed by atoms with Crippen molar-refractivity contribution < 1.29 is 9.53 Å². The lowest BCUT2D eigenvalue weighted by Crippen LogP contribution is -2.48. The van der Waals surface area contributed by atoms with Gasteiger partial charge in [-0.15, -0.1) is 11.6 Å². The second-order valence-corrected chi connectivity index (χ2v) is 3.50. The van der Waals surface area contributed by atoms with Crippen molar-refractivity contribution in [1.82, 2.24) is 5.32 Å². The zero-order chi connectivity index (χ0) is 10.3. The van der Waals surface area contributed by atoms with Gasteiger partial charge in [-0.2, -0.15) is 0 Å². The van der Waals surface area contributed by atoms with Crippen molar-refractivity contribution in [3.63, 3.8) is 0 Å². The minimum absolute atomic E-state index is 0.105. The lowest BCUT2D eigenvalue weighted by molar-refractivity contribution is -0.127. The first-order valence-electron chi connectivity index (χ1n) is 4.52. The Hall–Kier alpha value is -0.280. The van der Waals surface area contributed by atoms with Crippen LogP contribution in [0.2, 0.25) is 0 Å². The third kappa shape index (κ3) is 5.11. The van der Waals surface area contributed by atoms with Crippen molar-refractivity contribution in [2.24, 2.45) is 0 Å². The maximum atomic E-state index is 11.2. The predicted octanol–water partition coefficient (Wildman–Crippen LogP) is 1.55. The summed E-state index contributed by atoms with van der Waals surface area (Å²) in [5.41, 5.74) is -0.310. The van der Waals surface area contributed by atoms with Crippen molar-refractivity contribution in [2.45, 2.75) is 32.7 Å². The number of ether oxygens (including phenoxy) is 1. The Morgan fingerprint density at radius 2 is 2.15 bits per heavy atom. The molecule has 1 atom stereocenters. The van der Waals surface area contributed by atoms with Crippen LogP contribution >= 0.6 is 11.6 Å². The van der Waals surface area contributed by atoms with E-state index in [-0.39, 0.29) is 18.1 Å². The minimum Gasteiger partial charge on any atom is -0.372 e. The molecule has 1 amide bonds. The monoisotopic (exact) mass is 207 g/mol.